The maximum atomic E-state index is 10.7. The van der Waals surface area contributed by atoms with Crippen LogP contribution in [0.5, 0.6) is 0 Å². The summed E-state index contributed by atoms with van der Waals surface area (Å²) in [6.45, 7) is 2.78. The standard InChI is InChI=1S/C13H23N3O2/c1-2-9-16-11(10-14-15-16)12(17)13(18)7-5-3-4-6-8-13/h10,12,17-18H,2-9H2,1H3. The summed E-state index contributed by atoms with van der Waals surface area (Å²) in [4.78, 5) is 0. The molecule has 0 spiro atoms. The number of aliphatic hydroxyl groups excluding tert-OH is 1. The van der Waals surface area contributed by atoms with Gasteiger partial charge in [0.1, 0.15) is 6.10 Å². The Morgan fingerprint density at radius 2 is 2.00 bits per heavy atom. The van der Waals surface area contributed by atoms with Gasteiger partial charge in [-0.05, 0) is 19.3 Å². The molecule has 0 bridgehead atoms. The van der Waals surface area contributed by atoms with Gasteiger partial charge < -0.3 is 10.2 Å². The van der Waals surface area contributed by atoms with Crippen molar-refractivity contribution in [2.45, 2.75) is 70.1 Å². The van der Waals surface area contributed by atoms with E-state index < -0.39 is 11.7 Å². The van der Waals surface area contributed by atoms with Crippen LogP contribution in [0.1, 0.15) is 63.7 Å². The molecule has 1 unspecified atom stereocenters. The van der Waals surface area contributed by atoms with Crippen LogP contribution in [-0.2, 0) is 6.54 Å². The fraction of sp³-hybridized carbons (Fsp3) is 0.846. The van der Waals surface area contributed by atoms with Gasteiger partial charge in [0.25, 0.3) is 0 Å². The molecule has 1 aliphatic carbocycles. The molecule has 18 heavy (non-hydrogen) atoms. The van der Waals surface area contributed by atoms with Gasteiger partial charge in [0.15, 0.2) is 0 Å². The molecular formula is C13H23N3O2. The number of hydrogen-bond acceptors (Lipinski definition) is 4. The number of aliphatic hydroxyl groups is 2. The van der Waals surface area contributed by atoms with Gasteiger partial charge in [-0.1, -0.05) is 37.8 Å². The average Bonchev–Trinajstić information content (AvgIpc) is 2.70. The number of aryl methyl sites for hydroxylation is 1. The zero-order valence-electron chi connectivity index (χ0n) is 11.0. The smallest absolute Gasteiger partial charge is 0.126 e. The van der Waals surface area contributed by atoms with Crippen molar-refractivity contribution in [3.8, 4) is 0 Å². The molecule has 0 radical (unpaired) electrons. The highest BCUT2D eigenvalue weighted by Crippen LogP contribution is 2.37. The number of aromatic nitrogens is 3. The molecule has 1 saturated carbocycles. The second-order valence-electron chi connectivity index (χ2n) is 5.30. The van der Waals surface area contributed by atoms with Crippen LogP contribution in [0.3, 0.4) is 0 Å². The van der Waals surface area contributed by atoms with Crippen LogP contribution < -0.4 is 0 Å². The zero-order valence-corrected chi connectivity index (χ0v) is 11.0. The van der Waals surface area contributed by atoms with Crippen LogP contribution in [0.4, 0.5) is 0 Å². The summed E-state index contributed by atoms with van der Waals surface area (Å²) in [5, 5.41) is 29.0. The highest BCUT2D eigenvalue weighted by molar-refractivity contribution is 5.07. The molecule has 1 aromatic rings. The number of rotatable bonds is 4. The summed E-state index contributed by atoms with van der Waals surface area (Å²) in [6.07, 6.45) is 7.17. The Morgan fingerprint density at radius 3 is 2.61 bits per heavy atom. The van der Waals surface area contributed by atoms with E-state index in [1.54, 1.807) is 10.9 Å². The second-order valence-corrected chi connectivity index (χ2v) is 5.30. The third-order valence-corrected chi connectivity index (χ3v) is 3.84. The fourth-order valence-electron chi connectivity index (χ4n) is 2.75. The number of nitrogens with zero attached hydrogens (tertiary/aromatic N) is 3. The van der Waals surface area contributed by atoms with E-state index in [1.165, 1.54) is 0 Å². The maximum Gasteiger partial charge on any atom is 0.126 e. The fourth-order valence-corrected chi connectivity index (χ4v) is 2.75. The summed E-state index contributed by atoms with van der Waals surface area (Å²) in [6, 6.07) is 0. The average molecular weight is 253 g/mol. The minimum Gasteiger partial charge on any atom is -0.387 e. The maximum absolute atomic E-state index is 10.7. The second kappa shape index (κ2) is 5.80. The number of hydrogen-bond donors (Lipinski definition) is 2. The normalized spacial score (nSPS) is 21.5. The van der Waals surface area contributed by atoms with Crippen molar-refractivity contribution in [2.24, 2.45) is 0 Å². The van der Waals surface area contributed by atoms with E-state index in [0.29, 0.717) is 18.5 Å². The molecule has 2 rings (SSSR count). The van der Waals surface area contributed by atoms with Gasteiger partial charge in [-0.15, -0.1) is 5.10 Å². The minimum atomic E-state index is -1.01. The molecule has 5 heteroatoms. The van der Waals surface area contributed by atoms with Gasteiger partial charge in [0, 0.05) is 6.54 Å². The van der Waals surface area contributed by atoms with E-state index >= 15 is 0 Å². The Labute approximate surface area is 108 Å². The third-order valence-electron chi connectivity index (χ3n) is 3.84. The monoisotopic (exact) mass is 253 g/mol. The van der Waals surface area contributed by atoms with Crippen LogP contribution in [-0.4, -0.2) is 30.8 Å². The molecular weight excluding hydrogens is 230 g/mol. The molecule has 1 fully saturated rings. The molecule has 1 aromatic heterocycles. The Hall–Kier alpha value is -0.940. The van der Waals surface area contributed by atoms with Gasteiger partial charge in [-0.25, -0.2) is 4.68 Å². The summed E-state index contributed by atoms with van der Waals surface area (Å²) >= 11 is 0. The van der Waals surface area contributed by atoms with Gasteiger partial charge in [-0.3, -0.25) is 0 Å². The summed E-state index contributed by atoms with van der Waals surface area (Å²) in [5.41, 5.74) is -0.370. The lowest BCUT2D eigenvalue weighted by Crippen LogP contribution is -2.37. The molecule has 1 heterocycles. The first-order chi connectivity index (χ1) is 8.67. The van der Waals surface area contributed by atoms with Crippen molar-refractivity contribution in [1.82, 2.24) is 15.0 Å². The molecule has 1 aliphatic rings. The molecule has 0 amide bonds. The van der Waals surface area contributed by atoms with E-state index in [4.69, 9.17) is 0 Å². The van der Waals surface area contributed by atoms with E-state index in [2.05, 4.69) is 17.2 Å². The Morgan fingerprint density at radius 1 is 1.33 bits per heavy atom. The Balaban J connectivity index is 2.17. The van der Waals surface area contributed by atoms with Gasteiger partial charge in [-0.2, -0.15) is 0 Å². The topological polar surface area (TPSA) is 71.2 Å². The molecule has 2 N–H and O–H groups in total. The molecule has 1 atom stereocenters. The first-order valence-corrected chi connectivity index (χ1v) is 6.96. The lowest BCUT2D eigenvalue weighted by atomic mass is 9.87. The van der Waals surface area contributed by atoms with Crippen LogP contribution >= 0.6 is 0 Å². The molecule has 5 nitrogen and oxygen atoms in total. The highest BCUT2D eigenvalue weighted by atomic mass is 16.3. The largest absolute Gasteiger partial charge is 0.387 e. The van der Waals surface area contributed by atoms with Gasteiger partial charge >= 0.3 is 0 Å². The molecule has 0 aliphatic heterocycles. The van der Waals surface area contributed by atoms with E-state index in [9.17, 15) is 10.2 Å². The quantitative estimate of drug-likeness (QED) is 0.803. The Bertz CT molecular complexity index is 370. The van der Waals surface area contributed by atoms with Crippen molar-refractivity contribution in [3.05, 3.63) is 11.9 Å². The lowest BCUT2D eigenvalue weighted by Gasteiger charge is -2.32. The van der Waals surface area contributed by atoms with Gasteiger partial charge in [0.2, 0.25) is 0 Å². The molecule has 102 valence electrons. The van der Waals surface area contributed by atoms with Crippen LogP contribution in [0.25, 0.3) is 0 Å². The molecule has 0 aromatic carbocycles. The van der Waals surface area contributed by atoms with Crippen LogP contribution in [0, 0.1) is 0 Å². The van der Waals surface area contributed by atoms with Crippen molar-refractivity contribution < 1.29 is 10.2 Å². The molecule has 0 saturated heterocycles. The Kier molecular flexibility index (Phi) is 4.35. The van der Waals surface area contributed by atoms with Crippen LogP contribution in [0.2, 0.25) is 0 Å². The SMILES string of the molecule is CCCn1nncc1C(O)C1(O)CCCCCC1. The zero-order chi connectivity index (χ0) is 13.0. The van der Waals surface area contributed by atoms with E-state index in [1.807, 2.05) is 0 Å². The van der Waals surface area contributed by atoms with E-state index in [-0.39, 0.29) is 0 Å². The van der Waals surface area contributed by atoms with Crippen molar-refractivity contribution in [3.63, 3.8) is 0 Å². The predicted octanol–water partition coefficient (Wildman–Crippen LogP) is 1.81. The van der Waals surface area contributed by atoms with Gasteiger partial charge in [0.05, 0.1) is 17.5 Å². The van der Waals surface area contributed by atoms with Crippen molar-refractivity contribution >= 4 is 0 Å². The van der Waals surface area contributed by atoms with Crippen LogP contribution in [0.15, 0.2) is 6.20 Å². The van der Waals surface area contributed by atoms with Crippen molar-refractivity contribution in [2.75, 3.05) is 0 Å². The lowest BCUT2D eigenvalue weighted by molar-refractivity contribution is -0.0902. The first kappa shape index (κ1) is 13.5. The first-order valence-electron chi connectivity index (χ1n) is 6.96. The predicted molar refractivity (Wildman–Crippen MR) is 67.9 cm³/mol. The van der Waals surface area contributed by atoms with Crippen molar-refractivity contribution in [1.29, 1.82) is 0 Å². The minimum absolute atomic E-state index is 0.640. The summed E-state index contributed by atoms with van der Waals surface area (Å²) in [5.74, 6) is 0. The van der Waals surface area contributed by atoms with E-state index in [0.717, 1.165) is 38.6 Å². The summed E-state index contributed by atoms with van der Waals surface area (Å²) < 4.78 is 1.70. The highest BCUT2D eigenvalue weighted by Gasteiger charge is 2.38. The third kappa shape index (κ3) is 2.72. The summed E-state index contributed by atoms with van der Waals surface area (Å²) in [7, 11) is 0.